The molecule has 0 aliphatic rings. The Morgan fingerprint density at radius 2 is 1.48 bits per heavy atom. The molecule has 5 heteroatoms. The summed E-state index contributed by atoms with van der Waals surface area (Å²) >= 11 is 0. The number of rotatable bonds is 11. The molecule has 0 saturated heterocycles. The third-order valence-corrected chi connectivity index (χ3v) is 4.29. The lowest BCUT2D eigenvalue weighted by molar-refractivity contribution is -0.137. The van der Waals surface area contributed by atoms with E-state index in [1.165, 1.54) is 12.1 Å². The average molecular weight is 357 g/mol. The van der Waals surface area contributed by atoms with Gasteiger partial charge in [-0.3, -0.25) is 4.79 Å². The van der Waals surface area contributed by atoms with Crippen LogP contribution in [0.1, 0.15) is 81.1 Å². The Bertz CT molecular complexity index is 502. The van der Waals surface area contributed by atoms with Gasteiger partial charge in [0, 0.05) is 18.7 Å². The summed E-state index contributed by atoms with van der Waals surface area (Å²) in [5.74, 6) is -0.293. The van der Waals surface area contributed by atoms with Crippen molar-refractivity contribution in [3.63, 3.8) is 0 Å². The van der Waals surface area contributed by atoms with Crippen molar-refractivity contribution in [2.75, 3.05) is 13.1 Å². The maximum absolute atomic E-state index is 12.9. The van der Waals surface area contributed by atoms with Gasteiger partial charge in [0.1, 0.15) is 0 Å². The molecule has 0 saturated carbocycles. The third kappa shape index (κ3) is 7.93. The van der Waals surface area contributed by atoms with Gasteiger partial charge in [0.2, 0.25) is 0 Å². The Hall–Kier alpha value is -1.52. The SMILES string of the molecule is CCCCCCN(CCCCCC)C(=O)c1cccc(C(F)(F)F)c1. The predicted octanol–water partition coefficient (Wildman–Crippen LogP) is 6.31. The quantitative estimate of drug-likeness (QED) is 0.425. The molecule has 0 fully saturated rings. The van der Waals surface area contributed by atoms with Gasteiger partial charge < -0.3 is 4.90 Å². The van der Waals surface area contributed by atoms with Gasteiger partial charge in [-0.15, -0.1) is 0 Å². The van der Waals surface area contributed by atoms with Gasteiger partial charge in [0.05, 0.1) is 5.56 Å². The van der Waals surface area contributed by atoms with Crippen molar-refractivity contribution in [1.29, 1.82) is 0 Å². The lowest BCUT2D eigenvalue weighted by Gasteiger charge is -2.23. The Balaban J connectivity index is 2.78. The zero-order valence-corrected chi connectivity index (χ0v) is 15.4. The van der Waals surface area contributed by atoms with Crippen molar-refractivity contribution in [2.24, 2.45) is 0 Å². The van der Waals surface area contributed by atoms with Gasteiger partial charge in [-0.25, -0.2) is 0 Å². The second-order valence-electron chi connectivity index (χ2n) is 6.49. The largest absolute Gasteiger partial charge is 0.416 e. The smallest absolute Gasteiger partial charge is 0.339 e. The van der Waals surface area contributed by atoms with Crippen LogP contribution in [0.5, 0.6) is 0 Å². The fraction of sp³-hybridized carbons (Fsp3) is 0.650. The van der Waals surface area contributed by atoms with E-state index in [1.54, 1.807) is 4.90 Å². The lowest BCUT2D eigenvalue weighted by Crippen LogP contribution is -2.33. The van der Waals surface area contributed by atoms with Crippen molar-refractivity contribution >= 4 is 5.91 Å². The summed E-state index contributed by atoms with van der Waals surface area (Å²) in [5.41, 5.74) is -0.643. The zero-order chi connectivity index (χ0) is 18.7. The van der Waals surface area contributed by atoms with E-state index in [9.17, 15) is 18.0 Å². The van der Waals surface area contributed by atoms with Crippen LogP contribution in [-0.4, -0.2) is 23.9 Å². The maximum Gasteiger partial charge on any atom is 0.416 e. The van der Waals surface area contributed by atoms with Gasteiger partial charge in [0.15, 0.2) is 0 Å². The molecule has 1 rings (SSSR count). The molecule has 0 atom stereocenters. The minimum Gasteiger partial charge on any atom is -0.339 e. The Labute approximate surface area is 149 Å². The maximum atomic E-state index is 12.9. The fourth-order valence-electron chi connectivity index (χ4n) is 2.78. The van der Waals surface area contributed by atoms with Crippen LogP contribution in [0.25, 0.3) is 0 Å². The molecule has 0 heterocycles. The number of hydrogen-bond donors (Lipinski definition) is 0. The van der Waals surface area contributed by atoms with Gasteiger partial charge in [0.25, 0.3) is 5.91 Å². The Morgan fingerprint density at radius 1 is 0.920 bits per heavy atom. The van der Waals surface area contributed by atoms with E-state index in [0.717, 1.165) is 63.5 Å². The predicted molar refractivity (Wildman–Crippen MR) is 95.6 cm³/mol. The minimum atomic E-state index is -4.43. The topological polar surface area (TPSA) is 20.3 Å². The van der Waals surface area contributed by atoms with Crippen molar-refractivity contribution < 1.29 is 18.0 Å². The highest BCUT2D eigenvalue weighted by atomic mass is 19.4. The van der Waals surface area contributed by atoms with Crippen LogP contribution < -0.4 is 0 Å². The summed E-state index contributed by atoms with van der Waals surface area (Å²) in [6.07, 6.45) is 3.89. The van der Waals surface area contributed by atoms with E-state index in [2.05, 4.69) is 13.8 Å². The molecule has 0 unspecified atom stereocenters. The van der Waals surface area contributed by atoms with E-state index in [-0.39, 0.29) is 11.5 Å². The van der Waals surface area contributed by atoms with Crippen molar-refractivity contribution in [2.45, 2.75) is 71.4 Å². The Morgan fingerprint density at radius 3 is 1.96 bits per heavy atom. The van der Waals surface area contributed by atoms with E-state index in [1.807, 2.05) is 0 Å². The molecular formula is C20H30F3NO. The highest BCUT2D eigenvalue weighted by Gasteiger charge is 2.31. The van der Waals surface area contributed by atoms with Gasteiger partial charge in [-0.05, 0) is 31.0 Å². The van der Waals surface area contributed by atoms with E-state index < -0.39 is 11.7 Å². The molecule has 1 aromatic carbocycles. The normalized spacial score (nSPS) is 11.6. The van der Waals surface area contributed by atoms with Crippen LogP contribution in [0, 0.1) is 0 Å². The Kier molecular flexibility index (Phi) is 9.61. The zero-order valence-electron chi connectivity index (χ0n) is 15.4. The summed E-state index contributed by atoms with van der Waals surface area (Å²) in [5, 5.41) is 0. The van der Waals surface area contributed by atoms with Crippen LogP contribution in [0.3, 0.4) is 0 Å². The number of halogens is 3. The third-order valence-electron chi connectivity index (χ3n) is 4.29. The lowest BCUT2D eigenvalue weighted by atomic mass is 10.1. The number of unbranched alkanes of at least 4 members (excludes halogenated alkanes) is 6. The van der Waals surface area contributed by atoms with Crippen molar-refractivity contribution in [3.8, 4) is 0 Å². The van der Waals surface area contributed by atoms with Gasteiger partial charge >= 0.3 is 6.18 Å². The molecular weight excluding hydrogens is 327 g/mol. The number of hydrogen-bond acceptors (Lipinski definition) is 1. The first kappa shape index (κ1) is 21.5. The summed E-state index contributed by atoms with van der Waals surface area (Å²) in [7, 11) is 0. The molecule has 0 aromatic heterocycles. The summed E-state index contributed by atoms with van der Waals surface area (Å²) in [4.78, 5) is 14.4. The van der Waals surface area contributed by atoms with E-state index in [4.69, 9.17) is 0 Å². The first-order chi connectivity index (χ1) is 11.9. The molecule has 0 bridgehead atoms. The summed E-state index contributed by atoms with van der Waals surface area (Å²) in [6.45, 7) is 5.47. The second kappa shape index (κ2) is 11.2. The summed E-state index contributed by atoms with van der Waals surface area (Å²) < 4.78 is 38.6. The second-order valence-corrected chi connectivity index (χ2v) is 6.49. The minimum absolute atomic E-state index is 0.126. The van der Waals surface area contributed by atoms with Crippen LogP contribution in [0.4, 0.5) is 13.2 Å². The first-order valence-electron chi connectivity index (χ1n) is 9.36. The van der Waals surface area contributed by atoms with Crippen LogP contribution >= 0.6 is 0 Å². The van der Waals surface area contributed by atoms with Crippen LogP contribution in [-0.2, 0) is 6.18 Å². The molecule has 1 amide bonds. The molecule has 0 radical (unpaired) electrons. The first-order valence-corrected chi connectivity index (χ1v) is 9.36. The van der Waals surface area contributed by atoms with Crippen LogP contribution in [0.15, 0.2) is 24.3 Å². The van der Waals surface area contributed by atoms with E-state index >= 15 is 0 Å². The fourth-order valence-corrected chi connectivity index (χ4v) is 2.78. The van der Waals surface area contributed by atoms with Crippen molar-refractivity contribution in [1.82, 2.24) is 4.90 Å². The van der Waals surface area contributed by atoms with Gasteiger partial charge in [-0.2, -0.15) is 13.2 Å². The molecule has 0 aliphatic carbocycles. The number of carbonyl (C=O) groups excluding carboxylic acids is 1. The molecule has 0 spiro atoms. The molecule has 2 nitrogen and oxygen atoms in total. The highest BCUT2D eigenvalue weighted by Crippen LogP contribution is 2.29. The summed E-state index contributed by atoms with van der Waals surface area (Å²) in [6, 6.07) is 4.75. The standard InChI is InChI=1S/C20H30F3NO/c1-3-5-7-9-14-24(15-10-8-6-4-2)19(25)17-12-11-13-18(16-17)20(21,22)23/h11-13,16H,3-10,14-15H2,1-2H3. The number of amides is 1. The molecule has 1 aromatic rings. The average Bonchev–Trinajstić information content (AvgIpc) is 2.59. The monoisotopic (exact) mass is 357 g/mol. The number of nitrogens with zero attached hydrogens (tertiary/aromatic N) is 1. The van der Waals surface area contributed by atoms with E-state index in [0.29, 0.717) is 13.1 Å². The van der Waals surface area contributed by atoms with Crippen molar-refractivity contribution in [3.05, 3.63) is 35.4 Å². The highest BCUT2D eigenvalue weighted by molar-refractivity contribution is 5.94. The van der Waals surface area contributed by atoms with Crippen LogP contribution in [0.2, 0.25) is 0 Å². The number of benzene rings is 1. The molecule has 0 aliphatic heterocycles. The molecule has 0 N–H and O–H groups in total. The molecule has 25 heavy (non-hydrogen) atoms. The number of carbonyl (C=O) groups is 1. The number of alkyl halides is 3. The van der Waals surface area contributed by atoms with Gasteiger partial charge in [-0.1, -0.05) is 58.4 Å². The molecule has 142 valence electrons.